The zero-order valence-electron chi connectivity index (χ0n) is 12.7. The Morgan fingerprint density at radius 3 is 2.36 bits per heavy atom. The highest BCUT2D eigenvalue weighted by Gasteiger charge is 2.42. The number of fused-ring (bicyclic) bond motifs is 1. The fraction of sp³-hybridized carbons (Fsp3) is 0.438. The third kappa shape index (κ3) is 2.20. The third-order valence-electron chi connectivity index (χ3n) is 4.50. The summed E-state index contributed by atoms with van der Waals surface area (Å²) in [7, 11) is 1.73. The van der Waals surface area contributed by atoms with Crippen molar-refractivity contribution in [3.63, 3.8) is 0 Å². The Balaban J connectivity index is 1.81. The second-order valence-electron chi connectivity index (χ2n) is 5.80. The van der Waals surface area contributed by atoms with Gasteiger partial charge in [0.2, 0.25) is 5.91 Å². The van der Waals surface area contributed by atoms with Crippen molar-refractivity contribution in [1.29, 1.82) is 0 Å². The van der Waals surface area contributed by atoms with Crippen molar-refractivity contribution in [2.45, 2.75) is 25.4 Å². The Hall–Kier alpha value is -2.21. The second-order valence-corrected chi connectivity index (χ2v) is 5.80. The predicted octanol–water partition coefficient (Wildman–Crippen LogP) is 0.491. The van der Waals surface area contributed by atoms with Crippen LogP contribution in [0.25, 0.3) is 0 Å². The molecule has 2 unspecified atom stereocenters. The molecule has 0 aliphatic carbocycles. The van der Waals surface area contributed by atoms with Crippen LogP contribution in [-0.4, -0.2) is 59.7 Å². The molecular weight excluding hydrogens is 282 g/mol. The van der Waals surface area contributed by atoms with Gasteiger partial charge in [0.1, 0.15) is 6.04 Å². The first-order chi connectivity index (χ1) is 10.5. The van der Waals surface area contributed by atoms with Crippen molar-refractivity contribution in [3.05, 3.63) is 35.4 Å². The maximum atomic E-state index is 12.6. The van der Waals surface area contributed by atoms with Crippen molar-refractivity contribution >= 4 is 17.7 Å². The van der Waals surface area contributed by atoms with Crippen LogP contribution >= 0.6 is 0 Å². The number of likely N-dealkylation sites (N-methyl/N-ethyl adjacent to an activating group) is 1. The van der Waals surface area contributed by atoms with E-state index in [4.69, 9.17) is 0 Å². The summed E-state index contributed by atoms with van der Waals surface area (Å²) in [5, 5.41) is 3.21. The summed E-state index contributed by atoms with van der Waals surface area (Å²) in [6.07, 6.45) is 0.886. The number of nitrogens with one attached hydrogen (secondary N) is 1. The zero-order chi connectivity index (χ0) is 15.9. The number of hydrogen-bond acceptors (Lipinski definition) is 4. The highest BCUT2D eigenvalue weighted by atomic mass is 16.2. The molecule has 6 heteroatoms. The minimum Gasteiger partial charge on any atom is -0.340 e. The molecule has 2 aliphatic rings. The van der Waals surface area contributed by atoms with Crippen molar-refractivity contribution in [2.24, 2.45) is 0 Å². The SMILES string of the molecule is CC(C(=O)N(C)C1CCNC1)N1C(=O)c2ccccc2C1=O. The van der Waals surface area contributed by atoms with Crippen LogP contribution in [0, 0.1) is 0 Å². The number of imide groups is 1. The smallest absolute Gasteiger partial charge is 0.262 e. The average Bonchev–Trinajstić information content (AvgIpc) is 3.14. The molecule has 22 heavy (non-hydrogen) atoms. The monoisotopic (exact) mass is 301 g/mol. The molecule has 0 radical (unpaired) electrons. The maximum Gasteiger partial charge on any atom is 0.262 e. The van der Waals surface area contributed by atoms with Crippen molar-refractivity contribution in [1.82, 2.24) is 15.1 Å². The van der Waals surface area contributed by atoms with Crippen LogP contribution in [0.3, 0.4) is 0 Å². The Kier molecular flexibility index (Phi) is 3.70. The van der Waals surface area contributed by atoms with E-state index in [0.717, 1.165) is 24.4 Å². The van der Waals surface area contributed by atoms with E-state index in [1.165, 1.54) is 0 Å². The summed E-state index contributed by atoms with van der Waals surface area (Å²) in [5.41, 5.74) is 0.745. The average molecular weight is 301 g/mol. The quantitative estimate of drug-likeness (QED) is 0.825. The lowest BCUT2D eigenvalue weighted by Crippen LogP contribution is -2.51. The lowest BCUT2D eigenvalue weighted by molar-refractivity contribution is -0.135. The highest BCUT2D eigenvalue weighted by Crippen LogP contribution is 2.25. The molecule has 0 bridgehead atoms. The molecule has 3 rings (SSSR count). The Labute approximate surface area is 129 Å². The van der Waals surface area contributed by atoms with Gasteiger partial charge < -0.3 is 10.2 Å². The van der Waals surface area contributed by atoms with Gasteiger partial charge in [-0.2, -0.15) is 0 Å². The predicted molar refractivity (Wildman–Crippen MR) is 80.4 cm³/mol. The van der Waals surface area contributed by atoms with Gasteiger partial charge in [-0.3, -0.25) is 19.3 Å². The van der Waals surface area contributed by atoms with E-state index in [0.29, 0.717) is 11.1 Å². The molecule has 1 aromatic rings. The van der Waals surface area contributed by atoms with E-state index in [9.17, 15) is 14.4 Å². The molecule has 1 N–H and O–H groups in total. The van der Waals surface area contributed by atoms with Crippen LogP contribution < -0.4 is 5.32 Å². The van der Waals surface area contributed by atoms with Gasteiger partial charge in [0.25, 0.3) is 11.8 Å². The summed E-state index contributed by atoms with van der Waals surface area (Å²) < 4.78 is 0. The number of benzene rings is 1. The summed E-state index contributed by atoms with van der Waals surface area (Å²) in [5.74, 6) is -0.984. The molecular formula is C16H19N3O3. The lowest BCUT2D eigenvalue weighted by atomic mass is 10.1. The normalized spacial score (nSPS) is 21.9. The van der Waals surface area contributed by atoms with Gasteiger partial charge in [0.15, 0.2) is 0 Å². The number of carbonyl (C=O) groups is 3. The maximum absolute atomic E-state index is 12.6. The van der Waals surface area contributed by atoms with E-state index in [1.807, 2.05) is 0 Å². The fourth-order valence-electron chi connectivity index (χ4n) is 3.11. The van der Waals surface area contributed by atoms with Crippen molar-refractivity contribution in [3.8, 4) is 0 Å². The molecule has 0 saturated carbocycles. The number of amides is 3. The number of hydrogen-bond donors (Lipinski definition) is 1. The first kappa shape index (κ1) is 14.7. The number of nitrogens with zero attached hydrogens (tertiary/aromatic N) is 2. The summed E-state index contributed by atoms with van der Waals surface area (Å²) >= 11 is 0. The molecule has 6 nitrogen and oxygen atoms in total. The molecule has 0 spiro atoms. The Bertz CT molecular complexity index is 602. The van der Waals surface area contributed by atoms with Crippen LogP contribution in [0.4, 0.5) is 0 Å². The van der Waals surface area contributed by atoms with Crippen molar-refractivity contribution in [2.75, 3.05) is 20.1 Å². The third-order valence-corrected chi connectivity index (χ3v) is 4.50. The van der Waals surface area contributed by atoms with Crippen LogP contribution in [0.15, 0.2) is 24.3 Å². The summed E-state index contributed by atoms with van der Waals surface area (Å²) in [4.78, 5) is 40.2. The molecule has 2 heterocycles. The van der Waals surface area contributed by atoms with Gasteiger partial charge in [-0.15, -0.1) is 0 Å². The lowest BCUT2D eigenvalue weighted by Gasteiger charge is -2.30. The Morgan fingerprint density at radius 1 is 1.27 bits per heavy atom. The highest BCUT2D eigenvalue weighted by molar-refractivity contribution is 6.22. The largest absolute Gasteiger partial charge is 0.340 e. The van der Waals surface area contributed by atoms with Gasteiger partial charge in [-0.1, -0.05) is 12.1 Å². The van der Waals surface area contributed by atoms with E-state index < -0.39 is 6.04 Å². The van der Waals surface area contributed by atoms with Gasteiger partial charge in [0, 0.05) is 19.6 Å². The number of rotatable bonds is 3. The fourth-order valence-corrected chi connectivity index (χ4v) is 3.11. The van der Waals surface area contributed by atoms with Gasteiger partial charge in [-0.05, 0) is 32.0 Å². The minimum atomic E-state index is -0.794. The van der Waals surface area contributed by atoms with E-state index in [-0.39, 0.29) is 23.8 Å². The van der Waals surface area contributed by atoms with E-state index in [2.05, 4.69) is 5.32 Å². The van der Waals surface area contributed by atoms with Gasteiger partial charge in [-0.25, -0.2) is 0 Å². The summed E-state index contributed by atoms with van der Waals surface area (Å²) in [6, 6.07) is 6.00. The molecule has 2 atom stereocenters. The Morgan fingerprint density at radius 2 is 1.86 bits per heavy atom. The van der Waals surface area contributed by atoms with E-state index in [1.54, 1.807) is 43.1 Å². The van der Waals surface area contributed by atoms with Crippen LogP contribution in [0.2, 0.25) is 0 Å². The molecule has 116 valence electrons. The van der Waals surface area contributed by atoms with Gasteiger partial charge in [0.05, 0.1) is 11.1 Å². The first-order valence-corrected chi connectivity index (χ1v) is 7.46. The van der Waals surface area contributed by atoms with Gasteiger partial charge >= 0.3 is 0 Å². The van der Waals surface area contributed by atoms with Crippen LogP contribution in [-0.2, 0) is 4.79 Å². The minimum absolute atomic E-state index is 0.116. The molecule has 1 fully saturated rings. The molecule has 1 aromatic carbocycles. The first-order valence-electron chi connectivity index (χ1n) is 7.46. The van der Waals surface area contributed by atoms with Crippen LogP contribution in [0.5, 0.6) is 0 Å². The molecule has 2 aliphatic heterocycles. The standard InChI is InChI=1S/C16H19N3O3/c1-10(14(20)18(2)11-7-8-17-9-11)19-15(21)12-5-3-4-6-13(12)16(19)22/h3-6,10-11,17H,7-9H2,1-2H3. The number of carbonyl (C=O) groups excluding carboxylic acids is 3. The molecule has 3 amide bonds. The molecule has 0 aromatic heterocycles. The molecule has 1 saturated heterocycles. The second kappa shape index (κ2) is 5.53. The summed E-state index contributed by atoms with van der Waals surface area (Å²) in [6.45, 7) is 3.24. The van der Waals surface area contributed by atoms with Crippen LogP contribution in [0.1, 0.15) is 34.1 Å². The van der Waals surface area contributed by atoms with Crippen molar-refractivity contribution < 1.29 is 14.4 Å². The topological polar surface area (TPSA) is 69.7 Å². The zero-order valence-corrected chi connectivity index (χ0v) is 12.7. The van der Waals surface area contributed by atoms with E-state index >= 15 is 0 Å².